The van der Waals surface area contributed by atoms with Crippen LogP contribution in [0.15, 0.2) is 24.3 Å². The standard InChI is InChI=1S/C10H10FO/c11-6-8-5-9-3-1-2-4-10(9)12-7-8/h1-4,6,8H,5,7H2. The first-order chi connectivity index (χ1) is 5.90. The smallest absolute Gasteiger partial charge is 0.138 e. The zero-order chi connectivity index (χ0) is 8.39. The highest BCUT2D eigenvalue weighted by Gasteiger charge is 2.19. The van der Waals surface area contributed by atoms with E-state index in [-0.39, 0.29) is 5.92 Å². The van der Waals surface area contributed by atoms with Crippen molar-refractivity contribution in [2.45, 2.75) is 6.42 Å². The fraction of sp³-hybridized carbons (Fsp3) is 0.300. The second-order valence-corrected chi connectivity index (χ2v) is 3.01. The second-order valence-electron chi connectivity index (χ2n) is 3.01. The Morgan fingerprint density at radius 3 is 3.08 bits per heavy atom. The molecule has 12 heavy (non-hydrogen) atoms. The van der Waals surface area contributed by atoms with Gasteiger partial charge in [-0.15, -0.1) is 0 Å². The molecule has 1 aromatic rings. The van der Waals surface area contributed by atoms with Crippen LogP contribution in [0.4, 0.5) is 4.39 Å². The maximum Gasteiger partial charge on any atom is 0.138 e. The summed E-state index contributed by atoms with van der Waals surface area (Å²) in [5.74, 6) is 0.829. The Kier molecular flexibility index (Phi) is 1.98. The molecular formula is C10H10FO. The zero-order valence-electron chi connectivity index (χ0n) is 6.66. The van der Waals surface area contributed by atoms with Crippen LogP contribution in [-0.4, -0.2) is 6.61 Å². The van der Waals surface area contributed by atoms with Crippen molar-refractivity contribution in [2.75, 3.05) is 6.61 Å². The van der Waals surface area contributed by atoms with E-state index in [1.807, 2.05) is 24.3 Å². The van der Waals surface area contributed by atoms with Gasteiger partial charge in [-0.05, 0) is 18.1 Å². The van der Waals surface area contributed by atoms with Gasteiger partial charge < -0.3 is 4.74 Å². The number of rotatable bonds is 1. The summed E-state index contributed by atoms with van der Waals surface area (Å²) in [7, 11) is 0. The molecule has 0 N–H and O–H groups in total. The van der Waals surface area contributed by atoms with Crippen molar-refractivity contribution >= 4 is 0 Å². The third-order valence-corrected chi connectivity index (χ3v) is 2.09. The average Bonchev–Trinajstić information content (AvgIpc) is 2.17. The molecule has 1 nitrogen and oxygen atoms in total. The molecule has 1 heterocycles. The minimum absolute atomic E-state index is 0.0695. The van der Waals surface area contributed by atoms with E-state index < -0.39 is 0 Å². The van der Waals surface area contributed by atoms with E-state index in [4.69, 9.17) is 4.74 Å². The monoisotopic (exact) mass is 165 g/mol. The number of halogens is 1. The molecule has 0 fully saturated rings. The van der Waals surface area contributed by atoms with Gasteiger partial charge in [0.05, 0.1) is 6.61 Å². The lowest BCUT2D eigenvalue weighted by Crippen LogP contribution is -2.19. The zero-order valence-corrected chi connectivity index (χ0v) is 6.66. The minimum Gasteiger partial charge on any atom is -0.493 e. The van der Waals surface area contributed by atoms with E-state index in [9.17, 15) is 4.39 Å². The molecule has 0 saturated carbocycles. The van der Waals surface area contributed by atoms with Gasteiger partial charge in [0.2, 0.25) is 0 Å². The molecule has 0 bridgehead atoms. The van der Waals surface area contributed by atoms with E-state index in [0.29, 0.717) is 6.61 Å². The van der Waals surface area contributed by atoms with E-state index in [1.165, 1.54) is 0 Å². The van der Waals surface area contributed by atoms with Gasteiger partial charge in [0.25, 0.3) is 0 Å². The normalized spacial score (nSPS) is 21.2. The Hall–Kier alpha value is -1.05. The Labute approximate surface area is 71.2 Å². The number of benzene rings is 1. The number of hydrogen-bond acceptors (Lipinski definition) is 1. The van der Waals surface area contributed by atoms with E-state index in [0.717, 1.165) is 24.4 Å². The molecule has 63 valence electrons. The third-order valence-electron chi connectivity index (χ3n) is 2.09. The largest absolute Gasteiger partial charge is 0.493 e. The molecule has 1 aliphatic heterocycles. The fourth-order valence-corrected chi connectivity index (χ4v) is 1.43. The quantitative estimate of drug-likeness (QED) is 0.620. The maximum absolute atomic E-state index is 12.2. The summed E-state index contributed by atoms with van der Waals surface area (Å²) in [6.45, 7) is 1.18. The van der Waals surface area contributed by atoms with Crippen molar-refractivity contribution in [1.29, 1.82) is 0 Å². The molecule has 0 amide bonds. The second kappa shape index (κ2) is 3.13. The molecule has 0 saturated heterocycles. The lowest BCUT2D eigenvalue weighted by Gasteiger charge is -2.22. The Bertz CT molecular complexity index is 272. The molecule has 2 heteroatoms. The van der Waals surface area contributed by atoms with Crippen LogP contribution < -0.4 is 4.74 Å². The van der Waals surface area contributed by atoms with Crippen molar-refractivity contribution in [3.05, 3.63) is 36.5 Å². The Morgan fingerprint density at radius 2 is 2.25 bits per heavy atom. The number of para-hydroxylation sites is 1. The highest BCUT2D eigenvalue weighted by molar-refractivity contribution is 5.35. The number of fused-ring (bicyclic) bond motifs is 1. The highest BCUT2D eigenvalue weighted by Crippen LogP contribution is 2.27. The van der Waals surface area contributed by atoms with Crippen molar-refractivity contribution in [3.63, 3.8) is 0 Å². The number of ether oxygens (including phenoxy) is 1. The van der Waals surface area contributed by atoms with Crippen LogP contribution in [0.25, 0.3) is 0 Å². The first kappa shape index (κ1) is 7.59. The predicted octanol–water partition coefficient (Wildman–Crippen LogP) is 2.37. The topological polar surface area (TPSA) is 9.23 Å². The predicted molar refractivity (Wildman–Crippen MR) is 44.5 cm³/mol. The van der Waals surface area contributed by atoms with Crippen LogP contribution in [0.2, 0.25) is 0 Å². The molecule has 1 atom stereocenters. The molecule has 0 aliphatic carbocycles. The van der Waals surface area contributed by atoms with Gasteiger partial charge in [-0.1, -0.05) is 18.2 Å². The van der Waals surface area contributed by atoms with Crippen molar-refractivity contribution < 1.29 is 9.13 Å². The summed E-state index contributed by atoms with van der Waals surface area (Å²) in [5, 5.41) is 0. The first-order valence-electron chi connectivity index (χ1n) is 4.04. The first-order valence-corrected chi connectivity index (χ1v) is 4.04. The molecule has 1 aliphatic rings. The molecule has 0 spiro atoms. The minimum atomic E-state index is -0.0695. The van der Waals surface area contributed by atoms with Gasteiger partial charge in [-0.25, -0.2) is 4.39 Å². The Morgan fingerprint density at radius 1 is 1.42 bits per heavy atom. The maximum atomic E-state index is 12.2. The van der Waals surface area contributed by atoms with Crippen molar-refractivity contribution in [3.8, 4) is 5.75 Å². The van der Waals surface area contributed by atoms with Crippen LogP contribution in [0.5, 0.6) is 5.75 Å². The summed E-state index contributed by atoms with van der Waals surface area (Å²) in [5.41, 5.74) is 1.10. The van der Waals surface area contributed by atoms with E-state index in [2.05, 4.69) is 0 Å². The lowest BCUT2D eigenvalue weighted by atomic mass is 9.98. The molecule has 2 rings (SSSR count). The van der Waals surface area contributed by atoms with Gasteiger partial charge in [0.15, 0.2) is 0 Å². The average molecular weight is 165 g/mol. The van der Waals surface area contributed by atoms with Gasteiger partial charge >= 0.3 is 0 Å². The van der Waals surface area contributed by atoms with Crippen LogP contribution >= 0.6 is 0 Å². The summed E-state index contributed by atoms with van der Waals surface area (Å²) < 4.78 is 17.5. The number of hydrogen-bond donors (Lipinski definition) is 0. The van der Waals surface area contributed by atoms with Crippen LogP contribution in [0.1, 0.15) is 5.56 Å². The summed E-state index contributed by atoms with van der Waals surface area (Å²) in [6.07, 6.45) is 0.757. The van der Waals surface area contributed by atoms with Crippen LogP contribution in [0, 0.1) is 12.6 Å². The van der Waals surface area contributed by atoms with E-state index >= 15 is 0 Å². The molecule has 1 radical (unpaired) electrons. The lowest BCUT2D eigenvalue weighted by molar-refractivity contribution is 0.221. The SMILES string of the molecule is F[CH]C1COc2ccccc2C1. The Balaban J connectivity index is 2.23. The van der Waals surface area contributed by atoms with Crippen LogP contribution in [0.3, 0.4) is 0 Å². The highest BCUT2D eigenvalue weighted by atomic mass is 19.1. The van der Waals surface area contributed by atoms with Crippen molar-refractivity contribution in [2.24, 2.45) is 5.92 Å². The summed E-state index contributed by atoms with van der Waals surface area (Å²) >= 11 is 0. The molecular weight excluding hydrogens is 155 g/mol. The molecule has 1 unspecified atom stereocenters. The molecule has 0 aromatic heterocycles. The van der Waals surface area contributed by atoms with Gasteiger partial charge in [-0.3, -0.25) is 0 Å². The fourth-order valence-electron chi connectivity index (χ4n) is 1.43. The van der Waals surface area contributed by atoms with E-state index in [1.54, 1.807) is 0 Å². The van der Waals surface area contributed by atoms with Crippen molar-refractivity contribution in [1.82, 2.24) is 0 Å². The van der Waals surface area contributed by atoms with Gasteiger partial charge in [0.1, 0.15) is 12.4 Å². The van der Waals surface area contributed by atoms with Crippen LogP contribution in [-0.2, 0) is 6.42 Å². The molecule has 1 aromatic carbocycles. The summed E-state index contributed by atoms with van der Waals surface area (Å²) in [4.78, 5) is 0. The van der Waals surface area contributed by atoms with Gasteiger partial charge in [0, 0.05) is 5.92 Å². The summed E-state index contributed by atoms with van der Waals surface area (Å²) in [6, 6.07) is 7.77. The third kappa shape index (κ3) is 1.29. The van der Waals surface area contributed by atoms with Gasteiger partial charge in [-0.2, -0.15) is 0 Å².